The minimum atomic E-state index is -0.970. The van der Waals surface area contributed by atoms with Gasteiger partial charge >= 0.3 is 11.7 Å². The number of carboxylic acid groups (broad SMARTS) is 1. The Kier molecular flexibility index (Phi) is 5.31. The van der Waals surface area contributed by atoms with Crippen molar-refractivity contribution >= 4 is 17.3 Å². The number of rotatable bonds is 7. The lowest BCUT2D eigenvalue weighted by Crippen LogP contribution is -2.35. The fraction of sp³-hybridized carbons (Fsp3) is 0.462. The van der Waals surface area contributed by atoms with Crippen molar-refractivity contribution in [2.24, 2.45) is 0 Å². The zero-order valence-corrected chi connectivity index (χ0v) is 11.7. The molecular formula is C13H18N2O5. The molecule has 1 atom stereocenters. The lowest BCUT2D eigenvalue weighted by atomic mass is 10.2. The van der Waals surface area contributed by atoms with Crippen molar-refractivity contribution in [3.8, 4) is 5.75 Å². The number of ether oxygens (including phenoxy) is 1. The highest BCUT2D eigenvalue weighted by atomic mass is 16.6. The summed E-state index contributed by atoms with van der Waals surface area (Å²) in [5.41, 5.74) is 0.426. The van der Waals surface area contributed by atoms with Crippen LogP contribution >= 0.6 is 0 Å². The number of nitro benzene ring substituents is 1. The second kappa shape index (κ2) is 6.74. The van der Waals surface area contributed by atoms with E-state index in [0.717, 1.165) is 6.42 Å². The van der Waals surface area contributed by atoms with Crippen molar-refractivity contribution < 1.29 is 19.6 Å². The predicted molar refractivity (Wildman–Crippen MR) is 74.4 cm³/mol. The third-order valence-electron chi connectivity index (χ3n) is 2.95. The van der Waals surface area contributed by atoms with Crippen LogP contribution in [0.25, 0.3) is 0 Å². The number of carbonyl (C=O) groups is 1. The smallest absolute Gasteiger partial charge is 0.326 e. The van der Waals surface area contributed by atoms with Gasteiger partial charge in [-0.05, 0) is 19.4 Å². The molecule has 0 heterocycles. The minimum Gasteiger partial charge on any atom is -0.487 e. The summed E-state index contributed by atoms with van der Waals surface area (Å²) >= 11 is 0. The molecular weight excluding hydrogens is 264 g/mol. The molecule has 0 saturated heterocycles. The van der Waals surface area contributed by atoms with Gasteiger partial charge in [-0.3, -0.25) is 10.1 Å². The summed E-state index contributed by atoms with van der Waals surface area (Å²) in [4.78, 5) is 22.9. The first-order chi connectivity index (χ1) is 9.38. The topological polar surface area (TPSA) is 92.9 Å². The molecule has 1 unspecified atom stereocenters. The van der Waals surface area contributed by atoms with Crippen molar-refractivity contribution in [1.29, 1.82) is 0 Å². The summed E-state index contributed by atoms with van der Waals surface area (Å²) in [6.45, 7) is 3.80. The summed E-state index contributed by atoms with van der Waals surface area (Å²) in [6, 6.07) is 3.59. The number of nitrogens with zero attached hydrogens (tertiary/aromatic N) is 2. The van der Waals surface area contributed by atoms with E-state index in [-0.39, 0.29) is 11.4 Å². The van der Waals surface area contributed by atoms with Crippen LogP contribution in [0.4, 0.5) is 11.4 Å². The summed E-state index contributed by atoms with van der Waals surface area (Å²) in [5.74, 6) is -0.819. The number of hydrogen-bond acceptors (Lipinski definition) is 5. The maximum atomic E-state index is 11.0. The van der Waals surface area contributed by atoms with E-state index in [1.807, 2.05) is 6.92 Å². The molecule has 1 aromatic carbocycles. The molecule has 0 spiro atoms. The van der Waals surface area contributed by atoms with Crippen LogP contribution in [0.3, 0.4) is 0 Å². The zero-order chi connectivity index (χ0) is 15.3. The molecule has 0 amide bonds. The highest BCUT2D eigenvalue weighted by molar-refractivity contribution is 5.78. The molecule has 20 heavy (non-hydrogen) atoms. The number of hydrogen-bond donors (Lipinski definition) is 1. The van der Waals surface area contributed by atoms with E-state index >= 15 is 0 Å². The summed E-state index contributed by atoms with van der Waals surface area (Å²) in [5, 5.41) is 19.9. The first kappa shape index (κ1) is 15.7. The standard InChI is InChI=1S/C13H18N2O5/c1-4-7-20-12-8-10(5-6-11(12)15(18)19)14(3)9(2)13(16)17/h5-6,8-9H,4,7H2,1-3H3,(H,16,17). The van der Waals surface area contributed by atoms with Gasteiger partial charge in [-0.15, -0.1) is 0 Å². The van der Waals surface area contributed by atoms with E-state index in [9.17, 15) is 14.9 Å². The van der Waals surface area contributed by atoms with E-state index in [4.69, 9.17) is 9.84 Å². The minimum absolute atomic E-state index is 0.126. The van der Waals surface area contributed by atoms with Crippen molar-refractivity contribution in [3.05, 3.63) is 28.3 Å². The van der Waals surface area contributed by atoms with E-state index in [1.165, 1.54) is 30.0 Å². The predicted octanol–water partition coefficient (Wildman–Crippen LogP) is 2.29. The fourth-order valence-electron chi connectivity index (χ4n) is 1.59. The van der Waals surface area contributed by atoms with Crippen molar-refractivity contribution in [1.82, 2.24) is 0 Å². The monoisotopic (exact) mass is 282 g/mol. The molecule has 0 saturated carbocycles. The third-order valence-corrected chi connectivity index (χ3v) is 2.95. The summed E-state index contributed by atoms with van der Waals surface area (Å²) in [7, 11) is 1.61. The lowest BCUT2D eigenvalue weighted by molar-refractivity contribution is -0.385. The lowest BCUT2D eigenvalue weighted by Gasteiger charge is -2.24. The molecule has 0 aromatic heterocycles. The molecule has 1 N–H and O–H groups in total. The number of benzene rings is 1. The van der Waals surface area contributed by atoms with Crippen LogP contribution in [0, 0.1) is 10.1 Å². The van der Waals surface area contributed by atoms with Crippen LogP contribution in [-0.4, -0.2) is 35.7 Å². The van der Waals surface area contributed by atoms with E-state index in [0.29, 0.717) is 12.3 Å². The van der Waals surface area contributed by atoms with E-state index in [2.05, 4.69) is 0 Å². The molecule has 1 aromatic rings. The first-order valence-electron chi connectivity index (χ1n) is 6.25. The largest absolute Gasteiger partial charge is 0.487 e. The normalized spacial score (nSPS) is 11.8. The molecule has 7 nitrogen and oxygen atoms in total. The number of aliphatic carboxylic acids is 1. The number of nitro groups is 1. The molecule has 110 valence electrons. The average molecular weight is 282 g/mol. The highest BCUT2D eigenvalue weighted by Gasteiger charge is 2.21. The van der Waals surface area contributed by atoms with Gasteiger partial charge < -0.3 is 14.7 Å². The first-order valence-corrected chi connectivity index (χ1v) is 6.25. The molecule has 1 rings (SSSR count). The van der Waals surface area contributed by atoms with Crippen LogP contribution < -0.4 is 9.64 Å². The Morgan fingerprint density at radius 1 is 1.55 bits per heavy atom. The Bertz CT molecular complexity index is 504. The number of anilines is 1. The van der Waals surface area contributed by atoms with Crippen LogP contribution in [0.2, 0.25) is 0 Å². The van der Waals surface area contributed by atoms with Gasteiger partial charge in [-0.25, -0.2) is 4.79 Å². The van der Waals surface area contributed by atoms with Gasteiger partial charge in [0.2, 0.25) is 0 Å². The van der Waals surface area contributed by atoms with Crippen molar-refractivity contribution in [2.75, 3.05) is 18.6 Å². The maximum Gasteiger partial charge on any atom is 0.326 e. The van der Waals surface area contributed by atoms with E-state index < -0.39 is 16.9 Å². The van der Waals surface area contributed by atoms with Gasteiger partial charge in [0.15, 0.2) is 5.75 Å². The van der Waals surface area contributed by atoms with Gasteiger partial charge in [0.1, 0.15) is 6.04 Å². The number of carboxylic acids is 1. The Morgan fingerprint density at radius 3 is 2.70 bits per heavy atom. The zero-order valence-electron chi connectivity index (χ0n) is 11.7. The van der Waals surface area contributed by atoms with Crippen LogP contribution in [0.15, 0.2) is 18.2 Å². The molecule has 0 fully saturated rings. The Hall–Kier alpha value is -2.31. The van der Waals surface area contributed by atoms with Crippen LogP contribution in [0.1, 0.15) is 20.3 Å². The molecule has 0 aliphatic heterocycles. The Morgan fingerprint density at radius 2 is 2.20 bits per heavy atom. The highest BCUT2D eigenvalue weighted by Crippen LogP contribution is 2.32. The number of likely N-dealkylation sites (N-methyl/N-ethyl adjacent to an activating group) is 1. The van der Waals surface area contributed by atoms with Gasteiger partial charge in [0, 0.05) is 24.9 Å². The van der Waals surface area contributed by atoms with Gasteiger partial charge in [-0.2, -0.15) is 0 Å². The molecule has 0 aliphatic carbocycles. The Labute approximate surface area is 116 Å². The second-order valence-electron chi connectivity index (χ2n) is 4.38. The molecule has 7 heteroatoms. The Balaban J connectivity index is 3.11. The summed E-state index contributed by atoms with van der Waals surface area (Å²) < 4.78 is 5.36. The molecule has 0 aliphatic rings. The summed E-state index contributed by atoms with van der Waals surface area (Å²) in [6.07, 6.45) is 0.725. The van der Waals surface area contributed by atoms with Crippen molar-refractivity contribution in [2.45, 2.75) is 26.3 Å². The van der Waals surface area contributed by atoms with E-state index in [1.54, 1.807) is 7.05 Å². The third kappa shape index (κ3) is 3.59. The van der Waals surface area contributed by atoms with Crippen molar-refractivity contribution in [3.63, 3.8) is 0 Å². The van der Waals surface area contributed by atoms with Gasteiger partial charge in [-0.1, -0.05) is 6.92 Å². The van der Waals surface area contributed by atoms with Gasteiger partial charge in [0.05, 0.1) is 11.5 Å². The maximum absolute atomic E-state index is 11.0. The van der Waals surface area contributed by atoms with Crippen LogP contribution in [0.5, 0.6) is 5.75 Å². The quantitative estimate of drug-likeness (QED) is 0.609. The SMILES string of the molecule is CCCOc1cc(N(C)C(C)C(=O)O)ccc1[N+](=O)[O-]. The molecule has 0 radical (unpaired) electrons. The second-order valence-corrected chi connectivity index (χ2v) is 4.38. The average Bonchev–Trinajstić information content (AvgIpc) is 2.42. The molecule has 0 bridgehead atoms. The van der Waals surface area contributed by atoms with Crippen LogP contribution in [-0.2, 0) is 4.79 Å². The van der Waals surface area contributed by atoms with Gasteiger partial charge in [0.25, 0.3) is 0 Å². The fourth-order valence-corrected chi connectivity index (χ4v) is 1.59.